The summed E-state index contributed by atoms with van der Waals surface area (Å²) in [6.07, 6.45) is 7.24. The van der Waals surface area contributed by atoms with Crippen molar-refractivity contribution in [2.75, 3.05) is 25.5 Å². The number of azide groups is 1. The van der Waals surface area contributed by atoms with Gasteiger partial charge >= 0.3 is 0 Å². The number of fused-ring (bicyclic) bond motifs is 1. The van der Waals surface area contributed by atoms with Gasteiger partial charge in [-0.25, -0.2) is 0 Å². The molecule has 1 aromatic heterocycles. The molecule has 0 saturated heterocycles. The molecular weight excluding hydrogens is 334 g/mol. The van der Waals surface area contributed by atoms with E-state index in [0.29, 0.717) is 6.54 Å². The summed E-state index contributed by atoms with van der Waals surface area (Å²) in [5.74, 6) is 0. The highest BCUT2D eigenvalue weighted by molar-refractivity contribution is 5.88. The molecule has 0 N–H and O–H groups in total. The van der Waals surface area contributed by atoms with Crippen LogP contribution >= 0.6 is 0 Å². The maximum Gasteiger partial charge on any atom is 0.213 e. The Morgan fingerprint density at radius 3 is 2.56 bits per heavy atom. The second-order valence-electron chi connectivity index (χ2n) is 6.61. The highest BCUT2D eigenvalue weighted by atomic mass is 15.1. The Balaban J connectivity index is 1.85. The van der Waals surface area contributed by atoms with Crippen molar-refractivity contribution in [2.24, 2.45) is 5.11 Å². The number of aryl methyl sites for hydroxylation is 1. The van der Waals surface area contributed by atoms with E-state index in [-0.39, 0.29) is 0 Å². The second kappa shape index (κ2) is 8.88. The zero-order valence-corrected chi connectivity index (χ0v) is 15.8. The topological polar surface area (TPSA) is 55.9 Å². The van der Waals surface area contributed by atoms with Gasteiger partial charge in [-0.2, -0.15) is 4.57 Å². The fourth-order valence-electron chi connectivity index (χ4n) is 3.07. The van der Waals surface area contributed by atoms with Crippen LogP contribution in [-0.4, -0.2) is 20.6 Å². The van der Waals surface area contributed by atoms with Crippen LogP contribution in [0.5, 0.6) is 0 Å². The lowest BCUT2D eigenvalue weighted by atomic mass is 10.1. The third kappa shape index (κ3) is 4.66. The number of anilines is 1. The molecule has 5 nitrogen and oxygen atoms in total. The number of benzene rings is 2. The minimum absolute atomic E-state index is 0.516. The molecule has 0 aliphatic carbocycles. The van der Waals surface area contributed by atoms with Crippen LogP contribution < -0.4 is 9.47 Å². The minimum atomic E-state index is 0.516. The molecule has 1 heterocycles. The van der Waals surface area contributed by atoms with Gasteiger partial charge in [-0.1, -0.05) is 41.5 Å². The van der Waals surface area contributed by atoms with Crippen molar-refractivity contribution in [3.8, 4) is 0 Å². The first-order chi connectivity index (χ1) is 13.2. The maximum absolute atomic E-state index is 8.41. The molecule has 0 unspecified atom stereocenters. The standard InChI is InChI=1S/C22H24N5/c1-26(2)20-12-9-18(10-13-20)8-11-19-14-17-27(16-5-15-24-25-23)22-7-4-3-6-21(19)22/h3-4,6-14,17H,5,15-16H2,1-2H3/q+1. The van der Waals surface area contributed by atoms with Crippen molar-refractivity contribution >= 4 is 28.7 Å². The zero-order valence-electron chi connectivity index (χ0n) is 15.8. The average Bonchev–Trinajstić information content (AvgIpc) is 2.70. The Morgan fingerprint density at radius 1 is 1.04 bits per heavy atom. The van der Waals surface area contributed by atoms with Crippen LogP contribution in [0.2, 0.25) is 0 Å². The van der Waals surface area contributed by atoms with E-state index in [2.05, 4.69) is 92.4 Å². The van der Waals surface area contributed by atoms with Crippen LogP contribution in [0.4, 0.5) is 5.69 Å². The molecule has 0 saturated carbocycles. The van der Waals surface area contributed by atoms with Crippen LogP contribution in [0.3, 0.4) is 0 Å². The number of pyridine rings is 1. The van der Waals surface area contributed by atoms with Gasteiger partial charge in [0.25, 0.3) is 0 Å². The molecule has 0 spiro atoms. The van der Waals surface area contributed by atoms with Gasteiger partial charge in [0.05, 0.1) is 5.39 Å². The quantitative estimate of drug-likeness (QED) is 0.191. The normalized spacial score (nSPS) is 10.9. The number of hydrogen-bond acceptors (Lipinski definition) is 2. The van der Waals surface area contributed by atoms with Crippen LogP contribution in [0.1, 0.15) is 17.5 Å². The van der Waals surface area contributed by atoms with E-state index in [4.69, 9.17) is 5.53 Å². The van der Waals surface area contributed by atoms with E-state index in [1.165, 1.54) is 27.7 Å². The van der Waals surface area contributed by atoms with Gasteiger partial charge in [0.1, 0.15) is 6.54 Å². The van der Waals surface area contributed by atoms with Crippen molar-refractivity contribution in [1.82, 2.24) is 0 Å². The third-order valence-electron chi connectivity index (χ3n) is 4.54. The fraction of sp³-hybridized carbons (Fsp3) is 0.227. The van der Waals surface area contributed by atoms with E-state index >= 15 is 0 Å². The fourth-order valence-corrected chi connectivity index (χ4v) is 3.07. The van der Waals surface area contributed by atoms with Gasteiger partial charge in [-0.15, -0.1) is 0 Å². The molecule has 0 aliphatic rings. The number of para-hydroxylation sites is 1. The Bertz CT molecular complexity index is 983. The van der Waals surface area contributed by atoms with Crippen LogP contribution in [0.25, 0.3) is 33.5 Å². The molecule has 3 rings (SSSR count). The lowest BCUT2D eigenvalue weighted by molar-refractivity contribution is -0.671. The number of nitrogens with zero attached hydrogens (tertiary/aromatic N) is 5. The van der Waals surface area contributed by atoms with Gasteiger partial charge in [-0.3, -0.25) is 0 Å². The van der Waals surface area contributed by atoms with Crippen molar-refractivity contribution < 1.29 is 4.57 Å². The summed E-state index contributed by atoms with van der Waals surface area (Å²) in [6.45, 7) is 1.35. The molecule has 0 atom stereocenters. The molecule has 3 aromatic rings. The van der Waals surface area contributed by atoms with Crippen molar-refractivity contribution in [1.29, 1.82) is 0 Å². The van der Waals surface area contributed by atoms with E-state index < -0.39 is 0 Å². The average molecular weight is 358 g/mol. The summed E-state index contributed by atoms with van der Waals surface area (Å²) in [6, 6.07) is 19.1. The molecule has 27 heavy (non-hydrogen) atoms. The van der Waals surface area contributed by atoms with Gasteiger partial charge in [0.2, 0.25) is 5.52 Å². The molecule has 0 amide bonds. The summed E-state index contributed by atoms with van der Waals surface area (Å²) in [7, 11) is 4.09. The molecule has 136 valence electrons. The smallest absolute Gasteiger partial charge is 0.213 e. The Morgan fingerprint density at radius 2 is 1.81 bits per heavy atom. The lowest BCUT2D eigenvalue weighted by Gasteiger charge is -2.11. The van der Waals surface area contributed by atoms with Gasteiger partial charge < -0.3 is 4.90 Å². The van der Waals surface area contributed by atoms with E-state index in [1.54, 1.807) is 0 Å². The summed E-state index contributed by atoms with van der Waals surface area (Å²) in [5, 5.41) is 4.83. The van der Waals surface area contributed by atoms with Gasteiger partial charge in [0.15, 0.2) is 6.20 Å². The lowest BCUT2D eigenvalue weighted by Crippen LogP contribution is -2.34. The third-order valence-corrected chi connectivity index (χ3v) is 4.54. The Kier molecular flexibility index (Phi) is 6.08. The predicted molar refractivity (Wildman–Crippen MR) is 112 cm³/mol. The zero-order chi connectivity index (χ0) is 19.1. The number of aromatic nitrogens is 1. The molecule has 0 aliphatic heterocycles. The first-order valence-corrected chi connectivity index (χ1v) is 9.06. The molecular formula is C22H24N5+. The molecule has 0 bridgehead atoms. The highest BCUT2D eigenvalue weighted by Crippen LogP contribution is 2.19. The molecule has 0 radical (unpaired) electrons. The Labute approximate surface area is 159 Å². The van der Waals surface area contributed by atoms with Crippen LogP contribution in [0.15, 0.2) is 65.9 Å². The largest absolute Gasteiger partial charge is 0.378 e. The van der Waals surface area contributed by atoms with Crippen LogP contribution in [-0.2, 0) is 6.54 Å². The first-order valence-electron chi connectivity index (χ1n) is 9.06. The van der Waals surface area contributed by atoms with Crippen molar-refractivity contribution in [3.05, 3.63) is 82.4 Å². The first kappa shape index (κ1) is 18.5. The molecule has 2 aromatic carbocycles. The predicted octanol–water partition coefficient (Wildman–Crippen LogP) is 5.06. The monoisotopic (exact) mass is 358 g/mol. The maximum atomic E-state index is 8.41. The number of hydrogen-bond donors (Lipinski definition) is 0. The summed E-state index contributed by atoms with van der Waals surface area (Å²) in [5.41, 5.74) is 13.2. The van der Waals surface area contributed by atoms with Crippen molar-refractivity contribution in [3.63, 3.8) is 0 Å². The number of rotatable bonds is 7. The van der Waals surface area contributed by atoms with Crippen molar-refractivity contribution in [2.45, 2.75) is 13.0 Å². The summed E-state index contributed by atoms with van der Waals surface area (Å²) < 4.78 is 2.21. The summed E-state index contributed by atoms with van der Waals surface area (Å²) >= 11 is 0. The molecule has 0 fully saturated rings. The van der Waals surface area contributed by atoms with E-state index in [0.717, 1.165) is 13.0 Å². The van der Waals surface area contributed by atoms with Gasteiger partial charge in [-0.05, 0) is 34.9 Å². The van der Waals surface area contributed by atoms with Gasteiger partial charge in [0, 0.05) is 49.8 Å². The second-order valence-corrected chi connectivity index (χ2v) is 6.61. The van der Waals surface area contributed by atoms with E-state index in [9.17, 15) is 0 Å². The summed E-state index contributed by atoms with van der Waals surface area (Å²) in [4.78, 5) is 4.91. The molecule has 5 heteroatoms. The van der Waals surface area contributed by atoms with Crippen LogP contribution in [0, 0.1) is 0 Å². The SMILES string of the molecule is CN(C)c1ccc(/C=C/c2cc[n+](CCCN=[N+]=[N-])c3ccccc23)cc1. The van der Waals surface area contributed by atoms with E-state index in [1.807, 2.05) is 14.1 Å². The highest BCUT2D eigenvalue weighted by Gasteiger charge is 2.10. The Hall–Kier alpha value is -3.30. The minimum Gasteiger partial charge on any atom is -0.378 e.